The molecule has 16 heavy (non-hydrogen) atoms. The molecule has 1 aliphatic rings. The third-order valence-corrected chi connectivity index (χ3v) is 3.24. The smallest absolute Gasteiger partial charge is 0.324 e. The van der Waals surface area contributed by atoms with Crippen molar-refractivity contribution in [2.45, 2.75) is 18.8 Å². The lowest BCUT2D eigenvalue weighted by Crippen LogP contribution is -2.27. The lowest BCUT2D eigenvalue weighted by Gasteiger charge is -2.19. The molecule has 0 radical (unpaired) electrons. The summed E-state index contributed by atoms with van der Waals surface area (Å²) < 4.78 is 4.55. The predicted octanol–water partition coefficient (Wildman–Crippen LogP) is 2.72. The van der Waals surface area contributed by atoms with Crippen LogP contribution in [0.25, 0.3) is 0 Å². The van der Waals surface area contributed by atoms with Gasteiger partial charge in [-0.15, -0.1) is 0 Å². The molecule has 1 atom stereocenters. The topological polar surface area (TPSA) is 43.4 Å². The van der Waals surface area contributed by atoms with Crippen molar-refractivity contribution in [3.63, 3.8) is 0 Å². The fourth-order valence-electron chi connectivity index (χ4n) is 1.74. The Kier molecular flexibility index (Phi) is 2.68. The van der Waals surface area contributed by atoms with Crippen molar-refractivity contribution >= 4 is 35.1 Å². The first-order valence-corrected chi connectivity index (χ1v) is 5.40. The largest absolute Gasteiger partial charge is 0.392 e. The number of carbonyl (C=O) groups excluding carboxylic acids is 2. The summed E-state index contributed by atoms with van der Waals surface area (Å²) in [5, 5.41) is 0.867. The van der Waals surface area contributed by atoms with Crippen LogP contribution in [0.5, 0.6) is 0 Å². The third-order valence-electron chi connectivity index (χ3n) is 2.68. The van der Waals surface area contributed by atoms with Crippen molar-refractivity contribution < 1.29 is 14.3 Å². The van der Waals surface area contributed by atoms with Gasteiger partial charge in [0.1, 0.15) is 5.41 Å². The highest BCUT2D eigenvalue weighted by Gasteiger charge is 2.47. The van der Waals surface area contributed by atoms with Crippen LogP contribution >= 0.6 is 23.2 Å². The molecule has 1 aliphatic heterocycles. The standard InChI is InChI=1S/C11H8Cl2O3/c1-11(5-9(14)16-10(11)15)7-4-6(12)2-3-8(7)13/h2-4H,5H2,1H3. The molecule has 1 saturated heterocycles. The van der Waals surface area contributed by atoms with E-state index in [4.69, 9.17) is 23.2 Å². The number of ether oxygens (including phenoxy) is 1. The normalized spacial score (nSPS) is 24.7. The molecule has 0 amide bonds. The Labute approximate surface area is 102 Å². The minimum atomic E-state index is -1.03. The second-order valence-electron chi connectivity index (χ2n) is 3.89. The van der Waals surface area contributed by atoms with Crippen molar-refractivity contribution in [1.29, 1.82) is 0 Å². The summed E-state index contributed by atoms with van der Waals surface area (Å²) in [5.41, 5.74) is -0.503. The first-order chi connectivity index (χ1) is 7.43. The second-order valence-corrected chi connectivity index (χ2v) is 4.74. The summed E-state index contributed by atoms with van der Waals surface area (Å²) in [7, 11) is 0. The maximum Gasteiger partial charge on any atom is 0.324 e. The quantitative estimate of drug-likeness (QED) is 0.575. The highest BCUT2D eigenvalue weighted by atomic mass is 35.5. The molecule has 0 aliphatic carbocycles. The van der Waals surface area contributed by atoms with Crippen LogP contribution in [0, 0.1) is 0 Å². The van der Waals surface area contributed by atoms with Gasteiger partial charge in [-0.2, -0.15) is 0 Å². The van der Waals surface area contributed by atoms with Crippen LogP contribution in [0.15, 0.2) is 18.2 Å². The minimum Gasteiger partial charge on any atom is -0.392 e. The lowest BCUT2D eigenvalue weighted by atomic mass is 9.81. The Hall–Kier alpha value is -1.06. The van der Waals surface area contributed by atoms with Gasteiger partial charge in [-0.3, -0.25) is 9.59 Å². The number of hydrogen-bond acceptors (Lipinski definition) is 3. The van der Waals surface area contributed by atoms with Gasteiger partial charge in [0.15, 0.2) is 0 Å². The van der Waals surface area contributed by atoms with Gasteiger partial charge in [-0.05, 0) is 30.7 Å². The van der Waals surface area contributed by atoms with Crippen LogP contribution in [0.1, 0.15) is 18.9 Å². The molecular formula is C11H8Cl2O3. The van der Waals surface area contributed by atoms with Crippen LogP contribution in [0.4, 0.5) is 0 Å². The van der Waals surface area contributed by atoms with Gasteiger partial charge < -0.3 is 4.74 Å². The van der Waals surface area contributed by atoms with Crippen LogP contribution < -0.4 is 0 Å². The van der Waals surface area contributed by atoms with E-state index in [1.54, 1.807) is 25.1 Å². The fraction of sp³-hybridized carbons (Fsp3) is 0.273. The molecule has 3 nitrogen and oxygen atoms in total. The van der Waals surface area contributed by atoms with Gasteiger partial charge in [0, 0.05) is 10.0 Å². The average molecular weight is 259 g/mol. The highest BCUT2D eigenvalue weighted by Crippen LogP contribution is 2.39. The Bertz CT molecular complexity index is 484. The molecule has 1 unspecified atom stereocenters. The number of benzene rings is 1. The first kappa shape index (κ1) is 11.4. The number of carbonyl (C=O) groups is 2. The van der Waals surface area contributed by atoms with Crippen LogP contribution in [0.2, 0.25) is 10.0 Å². The third kappa shape index (κ3) is 1.70. The zero-order valence-corrected chi connectivity index (χ0v) is 9.93. The fourth-order valence-corrected chi connectivity index (χ4v) is 2.24. The van der Waals surface area contributed by atoms with E-state index in [1.165, 1.54) is 0 Å². The number of rotatable bonds is 1. The van der Waals surface area contributed by atoms with E-state index in [9.17, 15) is 9.59 Å². The second kappa shape index (κ2) is 3.75. The first-order valence-electron chi connectivity index (χ1n) is 4.64. The van der Waals surface area contributed by atoms with E-state index >= 15 is 0 Å². The summed E-state index contributed by atoms with van der Waals surface area (Å²) in [6.07, 6.45) is -0.00804. The molecule has 0 aromatic heterocycles. The van der Waals surface area contributed by atoms with E-state index in [0.29, 0.717) is 15.6 Å². The maximum atomic E-state index is 11.6. The molecule has 5 heteroatoms. The Morgan fingerprint density at radius 2 is 2.00 bits per heavy atom. The van der Waals surface area contributed by atoms with Gasteiger partial charge in [0.25, 0.3) is 0 Å². The molecule has 2 rings (SSSR count). The number of halogens is 2. The summed E-state index contributed by atoms with van der Waals surface area (Å²) in [6.45, 7) is 1.62. The van der Waals surface area contributed by atoms with Gasteiger partial charge in [-0.1, -0.05) is 23.2 Å². The minimum absolute atomic E-state index is 0.00804. The number of hydrogen-bond donors (Lipinski definition) is 0. The molecule has 1 aromatic rings. The molecule has 0 N–H and O–H groups in total. The van der Waals surface area contributed by atoms with Gasteiger partial charge in [0.05, 0.1) is 6.42 Å². The molecule has 0 saturated carbocycles. The molecule has 1 aromatic carbocycles. The van der Waals surface area contributed by atoms with Crippen LogP contribution in [-0.2, 0) is 19.7 Å². The Balaban J connectivity index is 2.55. The summed E-state index contributed by atoms with van der Waals surface area (Å²) in [5.74, 6) is -1.12. The zero-order valence-electron chi connectivity index (χ0n) is 8.42. The van der Waals surface area contributed by atoms with E-state index in [1.807, 2.05) is 0 Å². The molecule has 1 fully saturated rings. The van der Waals surface area contributed by atoms with Crippen molar-refractivity contribution in [3.05, 3.63) is 33.8 Å². The number of cyclic esters (lactones) is 2. The molecule has 84 valence electrons. The van der Waals surface area contributed by atoms with Crippen LogP contribution in [-0.4, -0.2) is 11.9 Å². The molecule has 0 spiro atoms. The molecular weight excluding hydrogens is 251 g/mol. The maximum absolute atomic E-state index is 11.6. The number of esters is 2. The van der Waals surface area contributed by atoms with E-state index in [-0.39, 0.29) is 6.42 Å². The predicted molar refractivity (Wildman–Crippen MR) is 59.5 cm³/mol. The summed E-state index contributed by atoms with van der Waals surface area (Å²) in [6, 6.07) is 4.81. The summed E-state index contributed by atoms with van der Waals surface area (Å²) in [4.78, 5) is 22.7. The van der Waals surface area contributed by atoms with Gasteiger partial charge in [0.2, 0.25) is 0 Å². The van der Waals surface area contributed by atoms with Gasteiger partial charge in [-0.25, -0.2) is 0 Å². The molecule has 0 bridgehead atoms. The van der Waals surface area contributed by atoms with Crippen molar-refractivity contribution in [2.24, 2.45) is 0 Å². The molecule has 1 heterocycles. The van der Waals surface area contributed by atoms with E-state index < -0.39 is 17.4 Å². The van der Waals surface area contributed by atoms with Crippen molar-refractivity contribution in [2.75, 3.05) is 0 Å². The Morgan fingerprint density at radius 1 is 1.31 bits per heavy atom. The van der Waals surface area contributed by atoms with E-state index in [0.717, 1.165) is 0 Å². The zero-order chi connectivity index (χ0) is 11.9. The van der Waals surface area contributed by atoms with Crippen LogP contribution in [0.3, 0.4) is 0 Å². The van der Waals surface area contributed by atoms with Crippen molar-refractivity contribution in [3.8, 4) is 0 Å². The highest BCUT2D eigenvalue weighted by molar-refractivity contribution is 6.34. The lowest BCUT2D eigenvalue weighted by molar-refractivity contribution is -0.153. The summed E-state index contributed by atoms with van der Waals surface area (Å²) >= 11 is 11.8. The van der Waals surface area contributed by atoms with E-state index in [2.05, 4.69) is 4.74 Å². The monoisotopic (exact) mass is 258 g/mol. The average Bonchev–Trinajstić information content (AvgIpc) is 2.46. The van der Waals surface area contributed by atoms with Gasteiger partial charge >= 0.3 is 11.9 Å². The van der Waals surface area contributed by atoms with Crippen molar-refractivity contribution in [1.82, 2.24) is 0 Å². The SMILES string of the molecule is CC1(c2cc(Cl)ccc2Cl)CC(=O)OC1=O. The Morgan fingerprint density at radius 3 is 2.56 bits per heavy atom.